The number of nitrogens with zero attached hydrogens (tertiary/aromatic N) is 1. The van der Waals surface area contributed by atoms with E-state index < -0.39 is 6.09 Å². The van der Waals surface area contributed by atoms with Gasteiger partial charge < -0.3 is 4.74 Å². The maximum atomic E-state index is 11.3. The summed E-state index contributed by atoms with van der Waals surface area (Å²) in [5, 5.41) is 3.32. The lowest BCUT2D eigenvalue weighted by Crippen LogP contribution is -2.15. The van der Waals surface area contributed by atoms with E-state index in [1.54, 1.807) is 12.3 Å². The van der Waals surface area contributed by atoms with Gasteiger partial charge in [0.1, 0.15) is 5.82 Å². The predicted octanol–water partition coefficient (Wildman–Crippen LogP) is 3.33. The van der Waals surface area contributed by atoms with Gasteiger partial charge in [0.15, 0.2) is 0 Å². The number of carbonyl (C=O) groups is 1. The molecule has 0 atom stereocenters. The molecule has 5 heteroatoms. The smallest absolute Gasteiger partial charge is 0.412 e. The molecule has 0 saturated heterocycles. The number of anilines is 1. The quantitative estimate of drug-likeness (QED) is 0.667. The van der Waals surface area contributed by atoms with Crippen molar-refractivity contribution < 1.29 is 9.53 Å². The Labute approximate surface area is 104 Å². The molecule has 16 heavy (non-hydrogen) atoms. The number of halogens is 1. The molecule has 1 N–H and O–H groups in total. The molecule has 0 aliphatic rings. The highest BCUT2D eigenvalue weighted by Gasteiger charge is 2.03. The Balaban J connectivity index is 2.37. The molecule has 0 aromatic carbocycles. The fourth-order valence-electron chi connectivity index (χ4n) is 1.03. The molecule has 0 bridgehead atoms. The number of aromatic nitrogens is 1. The fourth-order valence-corrected chi connectivity index (χ4v) is 1.36. The SMILES string of the molecule is CCCCOC(=O)Nc1ccc(CBr)cn1. The molecule has 1 heterocycles. The van der Waals surface area contributed by atoms with Crippen molar-refractivity contribution in [3.63, 3.8) is 0 Å². The molecular formula is C11H15BrN2O2. The van der Waals surface area contributed by atoms with Gasteiger partial charge >= 0.3 is 6.09 Å². The number of unbranched alkanes of at least 4 members (excludes halogenated alkanes) is 1. The van der Waals surface area contributed by atoms with Gasteiger partial charge in [-0.1, -0.05) is 35.3 Å². The second kappa shape index (κ2) is 7.22. The topological polar surface area (TPSA) is 51.2 Å². The van der Waals surface area contributed by atoms with Crippen LogP contribution in [-0.4, -0.2) is 17.7 Å². The lowest BCUT2D eigenvalue weighted by atomic mass is 10.3. The zero-order valence-corrected chi connectivity index (χ0v) is 10.8. The Hall–Kier alpha value is -1.10. The van der Waals surface area contributed by atoms with Crippen molar-refractivity contribution in [1.82, 2.24) is 4.98 Å². The van der Waals surface area contributed by atoms with Gasteiger partial charge in [-0.3, -0.25) is 5.32 Å². The maximum Gasteiger partial charge on any atom is 0.412 e. The number of amides is 1. The highest BCUT2D eigenvalue weighted by Crippen LogP contribution is 2.08. The highest BCUT2D eigenvalue weighted by molar-refractivity contribution is 9.08. The van der Waals surface area contributed by atoms with Crippen LogP contribution in [0.5, 0.6) is 0 Å². The first-order valence-electron chi connectivity index (χ1n) is 5.21. The zero-order valence-electron chi connectivity index (χ0n) is 9.20. The van der Waals surface area contributed by atoms with Crippen molar-refractivity contribution in [3.8, 4) is 0 Å². The predicted molar refractivity (Wildman–Crippen MR) is 66.7 cm³/mol. The summed E-state index contributed by atoms with van der Waals surface area (Å²) in [6.45, 7) is 2.49. The molecule has 1 rings (SSSR count). The van der Waals surface area contributed by atoms with Crippen LogP contribution in [0.4, 0.5) is 10.6 Å². The number of pyridine rings is 1. The lowest BCUT2D eigenvalue weighted by Gasteiger charge is -2.05. The van der Waals surface area contributed by atoms with Crippen LogP contribution in [0.25, 0.3) is 0 Å². The van der Waals surface area contributed by atoms with E-state index >= 15 is 0 Å². The molecular weight excluding hydrogens is 272 g/mol. The molecule has 0 aliphatic carbocycles. The molecule has 0 fully saturated rings. The van der Waals surface area contributed by atoms with Gasteiger partial charge in [-0.2, -0.15) is 0 Å². The van der Waals surface area contributed by atoms with Crippen molar-refractivity contribution in [2.75, 3.05) is 11.9 Å². The van der Waals surface area contributed by atoms with E-state index in [0.717, 1.165) is 23.7 Å². The Bertz CT molecular complexity index is 327. The van der Waals surface area contributed by atoms with Crippen LogP contribution in [-0.2, 0) is 10.1 Å². The van der Waals surface area contributed by atoms with Gasteiger partial charge in [0, 0.05) is 11.5 Å². The molecule has 0 spiro atoms. The average molecular weight is 287 g/mol. The number of hydrogen-bond donors (Lipinski definition) is 1. The third-order valence-electron chi connectivity index (χ3n) is 1.94. The van der Waals surface area contributed by atoms with Crippen molar-refractivity contribution in [3.05, 3.63) is 23.9 Å². The van der Waals surface area contributed by atoms with Crippen LogP contribution in [0.15, 0.2) is 18.3 Å². The Kier molecular flexibility index (Phi) is 5.85. The molecule has 0 radical (unpaired) electrons. The first-order chi connectivity index (χ1) is 7.76. The van der Waals surface area contributed by atoms with Crippen LogP contribution in [0, 0.1) is 0 Å². The van der Waals surface area contributed by atoms with Crippen molar-refractivity contribution in [2.24, 2.45) is 0 Å². The van der Waals surface area contributed by atoms with Crippen LogP contribution in [0.2, 0.25) is 0 Å². The van der Waals surface area contributed by atoms with Crippen molar-refractivity contribution in [2.45, 2.75) is 25.1 Å². The summed E-state index contributed by atoms with van der Waals surface area (Å²) >= 11 is 3.32. The standard InChI is InChI=1S/C11H15BrN2O2/c1-2-3-6-16-11(15)14-10-5-4-9(7-12)8-13-10/h4-5,8H,2-3,6-7H2,1H3,(H,13,14,15). The summed E-state index contributed by atoms with van der Waals surface area (Å²) in [5.41, 5.74) is 1.06. The van der Waals surface area contributed by atoms with Crippen LogP contribution in [0.1, 0.15) is 25.3 Å². The highest BCUT2D eigenvalue weighted by atomic mass is 79.9. The first kappa shape index (κ1) is 13.0. The second-order valence-corrected chi connectivity index (χ2v) is 3.86. The molecule has 4 nitrogen and oxygen atoms in total. The summed E-state index contributed by atoms with van der Waals surface area (Å²) < 4.78 is 4.94. The summed E-state index contributed by atoms with van der Waals surface area (Å²) in [4.78, 5) is 15.3. The number of ether oxygens (including phenoxy) is 1. The Morgan fingerprint density at radius 3 is 2.94 bits per heavy atom. The number of nitrogens with one attached hydrogen (secondary N) is 1. The van der Waals surface area contributed by atoms with Crippen molar-refractivity contribution in [1.29, 1.82) is 0 Å². The number of hydrogen-bond acceptors (Lipinski definition) is 3. The lowest BCUT2D eigenvalue weighted by molar-refractivity contribution is 0.160. The van der Waals surface area contributed by atoms with E-state index in [2.05, 4.69) is 26.2 Å². The van der Waals surface area contributed by atoms with Crippen LogP contribution in [0.3, 0.4) is 0 Å². The molecule has 1 aromatic rings. The average Bonchev–Trinajstić information content (AvgIpc) is 2.30. The molecule has 1 amide bonds. The van der Waals surface area contributed by atoms with E-state index in [9.17, 15) is 4.79 Å². The third-order valence-corrected chi connectivity index (χ3v) is 2.59. The fraction of sp³-hybridized carbons (Fsp3) is 0.455. The number of alkyl halides is 1. The van der Waals surface area contributed by atoms with Gasteiger partial charge in [-0.25, -0.2) is 9.78 Å². The van der Waals surface area contributed by atoms with Crippen LogP contribution >= 0.6 is 15.9 Å². The zero-order chi connectivity index (χ0) is 11.8. The monoisotopic (exact) mass is 286 g/mol. The summed E-state index contributed by atoms with van der Waals surface area (Å²) in [6, 6.07) is 3.64. The van der Waals surface area contributed by atoms with E-state index in [0.29, 0.717) is 12.4 Å². The van der Waals surface area contributed by atoms with E-state index in [1.165, 1.54) is 0 Å². The minimum atomic E-state index is -0.451. The minimum Gasteiger partial charge on any atom is -0.449 e. The van der Waals surface area contributed by atoms with Gasteiger partial charge in [-0.15, -0.1) is 0 Å². The number of carbonyl (C=O) groups excluding carboxylic acids is 1. The maximum absolute atomic E-state index is 11.3. The summed E-state index contributed by atoms with van der Waals surface area (Å²) in [5.74, 6) is 0.506. The van der Waals surface area contributed by atoms with Crippen molar-refractivity contribution >= 4 is 27.8 Å². The van der Waals surface area contributed by atoms with E-state index in [4.69, 9.17) is 4.74 Å². The summed E-state index contributed by atoms with van der Waals surface area (Å²) in [6.07, 6.45) is 3.14. The van der Waals surface area contributed by atoms with Gasteiger partial charge in [0.2, 0.25) is 0 Å². The van der Waals surface area contributed by atoms with E-state index in [-0.39, 0.29) is 0 Å². The third kappa shape index (κ3) is 4.61. The first-order valence-corrected chi connectivity index (χ1v) is 6.33. The van der Waals surface area contributed by atoms with Gasteiger partial charge in [-0.05, 0) is 18.1 Å². The molecule has 0 unspecified atom stereocenters. The normalized spacial score (nSPS) is 9.88. The van der Waals surface area contributed by atoms with Crippen LogP contribution < -0.4 is 5.32 Å². The Morgan fingerprint density at radius 2 is 2.38 bits per heavy atom. The minimum absolute atomic E-state index is 0.446. The molecule has 88 valence electrons. The molecule has 1 aromatic heterocycles. The largest absolute Gasteiger partial charge is 0.449 e. The summed E-state index contributed by atoms with van der Waals surface area (Å²) in [7, 11) is 0. The molecule has 0 aliphatic heterocycles. The Morgan fingerprint density at radius 1 is 1.56 bits per heavy atom. The molecule has 0 saturated carbocycles. The second-order valence-electron chi connectivity index (χ2n) is 3.30. The van der Waals surface area contributed by atoms with Gasteiger partial charge in [0.25, 0.3) is 0 Å². The van der Waals surface area contributed by atoms with Gasteiger partial charge in [0.05, 0.1) is 6.61 Å². The number of rotatable bonds is 5. The van der Waals surface area contributed by atoms with E-state index in [1.807, 2.05) is 13.0 Å².